The average Bonchev–Trinajstić information content (AvgIpc) is 2.39. The van der Waals surface area contributed by atoms with Crippen LogP contribution in [0, 0.1) is 0 Å². The summed E-state index contributed by atoms with van der Waals surface area (Å²) in [6.45, 7) is 0. The van der Waals surface area contributed by atoms with Gasteiger partial charge >= 0.3 is 0 Å². The summed E-state index contributed by atoms with van der Waals surface area (Å²) in [5, 5.41) is 1.08. The molecule has 1 aliphatic carbocycles. The second kappa shape index (κ2) is 4.82. The Morgan fingerprint density at radius 1 is 1.06 bits per heavy atom. The first-order valence-electron chi connectivity index (χ1n) is 5.92. The number of hydrogen-bond donors (Lipinski definition) is 0. The van der Waals surface area contributed by atoms with Crippen LogP contribution in [0.25, 0.3) is 11.5 Å². The first-order chi connectivity index (χ1) is 8.75. The molecule has 0 fully saturated rings. The Bertz CT molecular complexity index is 599. The topological polar surface area (TPSA) is 38.7 Å². The molecule has 0 saturated heterocycles. The van der Waals surface area contributed by atoms with Crippen molar-refractivity contribution in [3.63, 3.8) is 0 Å². The molecule has 0 radical (unpaired) electrons. The van der Waals surface area contributed by atoms with Crippen molar-refractivity contribution in [2.24, 2.45) is 0 Å². The number of aromatic nitrogens is 3. The van der Waals surface area contributed by atoms with Gasteiger partial charge in [0.15, 0.2) is 5.82 Å². The maximum atomic E-state index is 6.23. The molecule has 2 heterocycles. The van der Waals surface area contributed by atoms with Crippen LogP contribution in [0.2, 0.25) is 10.2 Å². The number of halogens is 2. The Morgan fingerprint density at radius 2 is 1.89 bits per heavy atom. The van der Waals surface area contributed by atoms with Crippen LogP contribution < -0.4 is 0 Å². The van der Waals surface area contributed by atoms with Crippen LogP contribution in [0.4, 0.5) is 0 Å². The number of nitrogens with zero attached hydrogens (tertiary/aromatic N) is 3. The molecule has 0 saturated carbocycles. The third kappa shape index (κ3) is 2.08. The predicted octanol–water partition coefficient (Wildman–Crippen LogP) is 3.72. The maximum absolute atomic E-state index is 6.23. The quantitative estimate of drug-likeness (QED) is 0.747. The molecule has 1 aliphatic rings. The van der Waals surface area contributed by atoms with Gasteiger partial charge in [0.25, 0.3) is 0 Å². The third-order valence-corrected chi connectivity index (χ3v) is 3.72. The van der Waals surface area contributed by atoms with Crippen molar-refractivity contribution >= 4 is 23.2 Å². The number of pyridine rings is 1. The van der Waals surface area contributed by atoms with Crippen molar-refractivity contribution in [2.75, 3.05) is 0 Å². The van der Waals surface area contributed by atoms with Crippen molar-refractivity contribution in [3.05, 3.63) is 39.8 Å². The van der Waals surface area contributed by atoms with E-state index in [9.17, 15) is 0 Å². The average molecular weight is 280 g/mol. The van der Waals surface area contributed by atoms with E-state index < -0.39 is 0 Å². The lowest BCUT2D eigenvalue weighted by atomic mass is 9.97. The molecule has 0 aromatic carbocycles. The summed E-state index contributed by atoms with van der Waals surface area (Å²) in [5.74, 6) is 0.520. The molecule has 5 heteroatoms. The molecule has 0 unspecified atom stereocenters. The molecular formula is C13H11Cl2N3. The van der Waals surface area contributed by atoms with Gasteiger partial charge in [0.2, 0.25) is 0 Å². The van der Waals surface area contributed by atoms with E-state index in [0.29, 0.717) is 21.7 Å². The van der Waals surface area contributed by atoms with E-state index in [1.54, 1.807) is 18.3 Å². The SMILES string of the molecule is Clc1cccnc1-c1nc(Cl)c2c(n1)CCCC2. The molecule has 0 bridgehead atoms. The van der Waals surface area contributed by atoms with Crippen LogP contribution in [0.1, 0.15) is 24.1 Å². The van der Waals surface area contributed by atoms with E-state index in [1.165, 1.54) is 0 Å². The highest BCUT2D eigenvalue weighted by Gasteiger charge is 2.18. The minimum absolute atomic E-state index is 0.520. The molecule has 2 aromatic heterocycles. The Hall–Kier alpha value is -1.19. The van der Waals surface area contributed by atoms with Gasteiger partial charge in [-0.15, -0.1) is 0 Å². The van der Waals surface area contributed by atoms with Crippen LogP contribution in [-0.2, 0) is 12.8 Å². The summed E-state index contributed by atoms with van der Waals surface area (Å²) in [6.07, 6.45) is 5.90. The lowest BCUT2D eigenvalue weighted by molar-refractivity contribution is 0.663. The fourth-order valence-corrected chi connectivity index (χ4v) is 2.69. The molecule has 0 atom stereocenters. The van der Waals surface area contributed by atoms with Gasteiger partial charge in [0.05, 0.1) is 5.02 Å². The zero-order chi connectivity index (χ0) is 12.5. The second-order valence-corrected chi connectivity index (χ2v) is 5.07. The molecule has 0 aliphatic heterocycles. The van der Waals surface area contributed by atoms with Crippen molar-refractivity contribution in [1.82, 2.24) is 15.0 Å². The highest BCUT2D eigenvalue weighted by molar-refractivity contribution is 6.33. The highest BCUT2D eigenvalue weighted by Crippen LogP contribution is 2.29. The van der Waals surface area contributed by atoms with E-state index >= 15 is 0 Å². The summed E-state index contributed by atoms with van der Waals surface area (Å²) < 4.78 is 0. The van der Waals surface area contributed by atoms with Gasteiger partial charge in [0, 0.05) is 17.5 Å². The summed E-state index contributed by atoms with van der Waals surface area (Å²) >= 11 is 12.3. The van der Waals surface area contributed by atoms with Gasteiger partial charge in [-0.1, -0.05) is 23.2 Å². The number of fused-ring (bicyclic) bond motifs is 1. The predicted molar refractivity (Wildman–Crippen MR) is 71.9 cm³/mol. The van der Waals surface area contributed by atoms with Crippen LogP contribution in [0.3, 0.4) is 0 Å². The van der Waals surface area contributed by atoms with Crippen molar-refractivity contribution < 1.29 is 0 Å². The minimum atomic E-state index is 0.520. The summed E-state index contributed by atoms with van der Waals surface area (Å²) in [5.41, 5.74) is 2.71. The lowest BCUT2D eigenvalue weighted by Crippen LogP contribution is -2.09. The van der Waals surface area contributed by atoms with Gasteiger partial charge in [0.1, 0.15) is 10.8 Å². The zero-order valence-electron chi connectivity index (χ0n) is 9.66. The number of aryl methyl sites for hydroxylation is 1. The van der Waals surface area contributed by atoms with E-state index in [2.05, 4.69) is 15.0 Å². The molecule has 0 spiro atoms. The smallest absolute Gasteiger partial charge is 0.181 e. The van der Waals surface area contributed by atoms with E-state index in [0.717, 1.165) is 36.9 Å². The monoisotopic (exact) mass is 279 g/mol. The molecule has 3 rings (SSSR count). The van der Waals surface area contributed by atoms with E-state index in [1.807, 2.05) is 0 Å². The van der Waals surface area contributed by atoms with E-state index in [4.69, 9.17) is 23.2 Å². The van der Waals surface area contributed by atoms with Gasteiger partial charge in [-0.25, -0.2) is 9.97 Å². The molecule has 92 valence electrons. The van der Waals surface area contributed by atoms with Crippen molar-refractivity contribution in [3.8, 4) is 11.5 Å². The fraction of sp³-hybridized carbons (Fsp3) is 0.308. The molecule has 0 amide bonds. The van der Waals surface area contributed by atoms with Crippen molar-refractivity contribution in [1.29, 1.82) is 0 Å². The summed E-state index contributed by atoms with van der Waals surface area (Å²) in [6, 6.07) is 3.56. The van der Waals surface area contributed by atoms with Crippen LogP contribution in [0.5, 0.6) is 0 Å². The first kappa shape index (κ1) is 11.9. The first-order valence-corrected chi connectivity index (χ1v) is 6.67. The number of rotatable bonds is 1. The van der Waals surface area contributed by atoms with Crippen LogP contribution >= 0.6 is 23.2 Å². The van der Waals surface area contributed by atoms with Crippen molar-refractivity contribution in [2.45, 2.75) is 25.7 Å². The standard InChI is InChI=1S/C13H11Cl2N3/c14-9-5-3-7-16-11(9)13-17-10-6-2-1-4-8(10)12(15)18-13/h3,5,7H,1-2,4,6H2. The molecule has 18 heavy (non-hydrogen) atoms. The Labute approximate surface area is 115 Å². The summed E-state index contributed by atoms with van der Waals surface area (Å²) in [4.78, 5) is 13.1. The number of hydrogen-bond acceptors (Lipinski definition) is 3. The van der Waals surface area contributed by atoms with Gasteiger partial charge < -0.3 is 0 Å². The lowest BCUT2D eigenvalue weighted by Gasteiger charge is -2.16. The maximum Gasteiger partial charge on any atom is 0.181 e. The minimum Gasteiger partial charge on any atom is -0.251 e. The highest BCUT2D eigenvalue weighted by atomic mass is 35.5. The van der Waals surface area contributed by atoms with Crippen LogP contribution in [0.15, 0.2) is 18.3 Å². The molecular weight excluding hydrogens is 269 g/mol. The van der Waals surface area contributed by atoms with Gasteiger partial charge in [-0.2, -0.15) is 0 Å². The Kier molecular flexibility index (Phi) is 3.18. The van der Waals surface area contributed by atoms with Crippen LogP contribution in [-0.4, -0.2) is 15.0 Å². The fourth-order valence-electron chi connectivity index (χ4n) is 2.20. The van der Waals surface area contributed by atoms with Gasteiger partial charge in [-0.3, -0.25) is 4.98 Å². The normalized spacial score (nSPS) is 14.3. The third-order valence-electron chi connectivity index (χ3n) is 3.10. The molecule has 2 aromatic rings. The Morgan fingerprint density at radius 3 is 2.72 bits per heavy atom. The largest absolute Gasteiger partial charge is 0.251 e. The zero-order valence-corrected chi connectivity index (χ0v) is 11.2. The van der Waals surface area contributed by atoms with E-state index in [-0.39, 0.29) is 0 Å². The Balaban J connectivity index is 2.14. The second-order valence-electron chi connectivity index (χ2n) is 4.30. The molecule has 3 nitrogen and oxygen atoms in total. The molecule has 0 N–H and O–H groups in total. The summed E-state index contributed by atoms with van der Waals surface area (Å²) in [7, 11) is 0. The van der Waals surface area contributed by atoms with Gasteiger partial charge in [-0.05, 0) is 37.8 Å².